The number of H-pyrrole nitrogens is 1. The van der Waals surface area contributed by atoms with Gasteiger partial charge in [-0.15, -0.1) is 0 Å². The van der Waals surface area contributed by atoms with Crippen molar-refractivity contribution in [2.45, 2.75) is 13.3 Å². The highest BCUT2D eigenvalue weighted by Gasteiger charge is 2.24. The number of urea groups is 1. The van der Waals surface area contributed by atoms with E-state index in [1.807, 2.05) is 49.5 Å². The molecule has 1 aliphatic heterocycles. The Morgan fingerprint density at radius 1 is 1.15 bits per heavy atom. The summed E-state index contributed by atoms with van der Waals surface area (Å²) < 4.78 is 0. The van der Waals surface area contributed by atoms with Gasteiger partial charge >= 0.3 is 6.03 Å². The zero-order chi connectivity index (χ0) is 18.1. The van der Waals surface area contributed by atoms with E-state index in [1.54, 1.807) is 11.0 Å². The van der Waals surface area contributed by atoms with Gasteiger partial charge < -0.3 is 15.6 Å². The fraction of sp³-hybridized carbons (Fsp3) is 0.200. The summed E-state index contributed by atoms with van der Waals surface area (Å²) in [6.07, 6.45) is 2.67. The van der Waals surface area contributed by atoms with E-state index in [4.69, 9.17) is 0 Å². The van der Waals surface area contributed by atoms with Gasteiger partial charge in [-0.2, -0.15) is 0 Å². The second kappa shape index (κ2) is 6.55. The molecule has 0 aliphatic carbocycles. The van der Waals surface area contributed by atoms with E-state index >= 15 is 0 Å². The van der Waals surface area contributed by atoms with Crippen molar-refractivity contribution in [3.63, 3.8) is 0 Å². The summed E-state index contributed by atoms with van der Waals surface area (Å²) >= 11 is 0. The Morgan fingerprint density at radius 2 is 2.04 bits per heavy atom. The smallest absolute Gasteiger partial charge is 0.321 e. The van der Waals surface area contributed by atoms with Crippen LogP contribution in [0.2, 0.25) is 0 Å². The molecule has 0 radical (unpaired) electrons. The maximum Gasteiger partial charge on any atom is 0.321 e. The van der Waals surface area contributed by atoms with E-state index in [1.165, 1.54) is 0 Å². The van der Waals surface area contributed by atoms with Crippen LogP contribution in [0, 0.1) is 0 Å². The van der Waals surface area contributed by atoms with Crippen LogP contribution in [0.15, 0.2) is 48.7 Å². The molecule has 0 saturated heterocycles. The second-order valence-corrected chi connectivity index (χ2v) is 6.31. The van der Waals surface area contributed by atoms with Gasteiger partial charge in [-0.3, -0.25) is 9.69 Å². The number of hydrogen-bond donors (Lipinski definition) is 3. The monoisotopic (exact) mass is 348 g/mol. The van der Waals surface area contributed by atoms with Gasteiger partial charge in [0, 0.05) is 36.1 Å². The van der Waals surface area contributed by atoms with Gasteiger partial charge in [0.15, 0.2) is 0 Å². The molecule has 3 aromatic rings. The molecule has 6 heteroatoms. The molecule has 2 heterocycles. The Hall–Kier alpha value is -3.28. The van der Waals surface area contributed by atoms with Gasteiger partial charge in [0.1, 0.15) is 0 Å². The number of hydrogen-bond acceptors (Lipinski definition) is 2. The fourth-order valence-electron chi connectivity index (χ4n) is 3.31. The van der Waals surface area contributed by atoms with Crippen LogP contribution in [-0.4, -0.2) is 30.0 Å². The van der Waals surface area contributed by atoms with Crippen LogP contribution < -0.4 is 15.5 Å². The van der Waals surface area contributed by atoms with Crippen LogP contribution in [-0.2, 0) is 6.42 Å². The number of amides is 3. The van der Waals surface area contributed by atoms with Crippen LogP contribution in [0.25, 0.3) is 10.9 Å². The van der Waals surface area contributed by atoms with Crippen molar-refractivity contribution >= 4 is 34.2 Å². The standard InChI is InChI=1S/C20H20N4O2/c1-2-21-20(26)24-10-8-14-5-6-16(12-18(14)24)23-19(25)15-4-3-13-7-9-22-17(13)11-15/h3-7,9,11-12,22H,2,8,10H2,1H3,(H,21,26)(H,23,25). The maximum absolute atomic E-state index is 12.6. The van der Waals surface area contributed by atoms with Gasteiger partial charge in [0.2, 0.25) is 0 Å². The maximum atomic E-state index is 12.6. The lowest BCUT2D eigenvalue weighted by atomic mass is 10.1. The lowest BCUT2D eigenvalue weighted by molar-refractivity contribution is 0.102. The summed E-state index contributed by atoms with van der Waals surface area (Å²) in [5, 5.41) is 6.82. The fourth-order valence-corrected chi connectivity index (χ4v) is 3.31. The van der Waals surface area contributed by atoms with E-state index in [0.717, 1.165) is 28.6 Å². The Morgan fingerprint density at radius 3 is 2.88 bits per heavy atom. The van der Waals surface area contributed by atoms with Crippen molar-refractivity contribution in [2.75, 3.05) is 23.3 Å². The number of carbonyl (C=O) groups excluding carboxylic acids is 2. The lowest BCUT2D eigenvalue weighted by Crippen LogP contribution is -2.38. The molecule has 2 aromatic carbocycles. The molecule has 0 unspecified atom stereocenters. The lowest BCUT2D eigenvalue weighted by Gasteiger charge is -2.18. The van der Waals surface area contributed by atoms with Crippen molar-refractivity contribution in [3.05, 3.63) is 59.8 Å². The summed E-state index contributed by atoms with van der Waals surface area (Å²) in [6, 6.07) is 13.1. The van der Waals surface area contributed by atoms with Crippen LogP contribution in [0.5, 0.6) is 0 Å². The number of benzene rings is 2. The second-order valence-electron chi connectivity index (χ2n) is 6.31. The first-order chi connectivity index (χ1) is 12.7. The van der Waals surface area contributed by atoms with Crippen molar-refractivity contribution in [1.29, 1.82) is 0 Å². The molecule has 132 valence electrons. The van der Waals surface area contributed by atoms with Crippen LogP contribution in [0.4, 0.5) is 16.2 Å². The summed E-state index contributed by atoms with van der Waals surface area (Å²) in [6.45, 7) is 3.14. The van der Waals surface area contributed by atoms with Crippen LogP contribution >= 0.6 is 0 Å². The molecular formula is C20H20N4O2. The number of aromatic nitrogens is 1. The minimum atomic E-state index is -0.177. The molecule has 3 amide bonds. The van der Waals surface area contributed by atoms with E-state index in [0.29, 0.717) is 24.3 Å². The largest absolute Gasteiger partial charge is 0.361 e. The predicted molar refractivity (Wildman–Crippen MR) is 103 cm³/mol. The van der Waals surface area contributed by atoms with E-state index in [-0.39, 0.29) is 11.9 Å². The number of fused-ring (bicyclic) bond motifs is 2. The minimum Gasteiger partial charge on any atom is -0.361 e. The zero-order valence-electron chi connectivity index (χ0n) is 14.5. The highest BCUT2D eigenvalue weighted by molar-refractivity contribution is 6.06. The molecule has 0 saturated carbocycles. The van der Waals surface area contributed by atoms with Gasteiger partial charge in [-0.25, -0.2) is 4.79 Å². The summed E-state index contributed by atoms with van der Waals surface area (Å²) in [5.74, 6) is -0.177. The topological polar surface area (TPSA) is 77.2 Å². The molecule has 0 atom stereocenters. The third kappa shape index (κ3) is 2.90. The Bertz CT molecular complexity index is 992. The Kier molecular flexibility index (Phi) is 4.08. The molecule has 3 N–H and O–H groups in total. The van der Waals surface area contributed by atoms with Crippen molar-refractivity contribution in [3.8, 4) is 0 Å². The average Bonchev–Trinajstić information content (AvgIpc) is 3.27. The number of nitrogens with one attached hydrogen (secondary N) is 3. The summed E-state index contributed by atoms with van der Waals surface area (Å²) in [4.78, 5) is 29.6. The number of anilines is 2. The predicted octanol–water partition coefficient (Wildman–Crippen LogP) is 3.51. The molecule has 1 aliphatic rings. The molecular weight excluding hydrogens is 328 g/mol. The molecule has 0 bridgehead atoms. The third-order valence-electron chi connectivity index (χ3n) is 4.63. The molecule has 0 fully saturated rings. The van der Waals surface area contributed by atoms with Crippen molar-refractivity contribution < 1.29 is 9.59 Å². The first-order valence-corrected chi connectivity index (χ1v) is 8.72. The number of nitrogens with zero attached hydrogens (tertiary/aromatic N) is 1. The van der Waals surface area contributed by atoms with Crippen molar-refractivity contribution in [1.82, 2.24) is 10.3 Å². The average molecular weight is 348 g/mol. The van der Waals surface area contributed by atoms with E-state index in [9.17, 15) is 9.59 Å². The zero-order valence-corrected chi connectivity index (χ0v) is 14.5. The SMILES string of the molecule is CCNC(=O)N1CCc2ccc(NC(=O)c3ccc4cc[nH]c4c3)cc21. The number of carbonyl (C=O) groups is 2. The quantitative estimate of drug-likeness (QED) is 0.677. The normalized spacial score (nSPS) is 12.9. The van der Waals surface area contributed by atoms with Gasteiger partial charge in [0.05, 0.1) is 5.69 Å². The minimum absolute atomic E-state index is 0.105. The third-order valence-corrected chi connectivity index (χ3v) is 4.63. The molecule has 6 nitrogen and oxygen atoms in total. The number of aromatic amines is 1. The van der Waals surface area contributed by atoms with E-state index < -0.39 is 0 Å². The van der Waals surface area contributed by atoms with Gasteiger partial charge in [0.25, 0.3) is 5.91 Å². The van der Waals surface area contributed by atoms with E-state index in [2.05, 4.69) is 15.6 Å². The van der Waals surface area contributed by atoms with Crippen LogP contribution in [0.3, 0.4) is 0 Å². The molecule has 1 aromatic heterocycles. The Labute approximate surface area is 151 Å². The Balaban J connectivity index is 1.56. The highest BCUT2D eigenvalue weighted by atomic mass is 16.2. The molecule has 0 spiro atoms. The van der Waals surface area contributed by atoms with Gasteiger partial charge in [-0.05, 0) is 54.6 Å². The number of rotatable bonds is 3. The first-order valence-electron chi connectivity index (χ1n) is 8.72. The summed E-state index contributed by atoms with van der Waals surface area (Å²) in [7, 11) is 0. The van der Waals surface area contributed by atoms with Crippen molar-refractivity contribution in [2.24, 2.45) is 0 Å². The first kappa shape index (κ1) is 16.2. The molecule has 26 heavy (non-hydrogen) atoms. The highest BCUT2D eigenvalue weighted by Crippen LogP contribution is 2.31. The van der Waals surface area contributed by atoms with Gasteiger partial charge in [-0.1, -0.05) is 12.1 Å². The van der Waals surface area contributed by atoms with Crippen LogP contribution in [0.1, 0.15) is 22.8 Å². The molecule has 4 rings (SSSR count). The summed E-state index contributed by atoms with van der Waals surface area (Å²) in [5.41, 5.74) is 4.15.